The zero-order valence-electron chi connectivity index (χ0n) is 17.2. The molecule has 7 heteroatoms. The van der Waals surface area contributed by atoms with Crippen molar-refractivity contribution in [2.24, 2.45) is 5.92 Å². The Balaban J connectivity index is 1.72. The molecule has 3 aromatic heterocycles. The summed E-state index contributed by atoms with van der Waals surface area (Å²) in [7, 11) is 0. The van der Waals surface area contributed by atoms with E-state index >= 15 is 0 Å². The van der Waals surface area contributed by atoms with Crippen molar-refractivity contribution in [3.8, 4) is 11.1 Å². The lowest BCUT2D eigenvalue weighted by Crippen LogP contribution is -2.31. The van der Waals surface area contributed by atoms with E-state index in [9.17, 15) is 4.79 Å². The van der Waals surface area contributed by atoms with Crippen LogP contribution < -0.4 is 5.56 Å². The first-order valence-electron chi connectivity index (χ1n) is 10.6. The molecule has 0 unspecified atom stereocenters. The summed E-state index contributed by atoms with van der Waals surface area (Å²) in [6, 6.07) is 9.83. The predicted octanol–water partition coefficient (Wildman–Crippen LogP) is 5.07. The average molecular weight is 422 g/mol. The van der Waals surface area contributed by atoms with E-state index in [-0.39, 0.29) is 11.6 Å². The summed E-state index contributed by atoms with van der Waals surface area (Å²) in [5, 5.41) is 14.3. The molecular formula is C23H24ClN5O. The number of fused-ring (bicyclic) bond motifs is 3. The van der Waals surface area contributed by atoms with Gasteiger partial charge in [0.15, 0.2) is 11.2 Å². The summed E-state index contributed by atoms with van der Waals surface area (Å²) < 4.78 is 3.62. The number of aryl methyl sites for hydroxylation is 1. The number of benzene rings is 1. The highest BCUT2D eigenvalue weighted by atomic mass is 35.5. The lowest BCUT2D eigenvalue weighted by Gasteiger charge is -2.30. The van der Waals surface area contributed by atoms with Gasteiger partial charge < -0.3 is 4.57 Å². The van der Waals surface area contributed by atoms with Crippen molar-refractivity contribution in [3.05, 3.63) is 57.6 Å². The Bertz CT molecular complexity index is 1290. The van der Waals surface area contributed by atoms with Crippen molar-refractivity contribution in [1.82, 2.24) is 24.4 Å². The first-order chi connectivity index (χ1) is 14.6. The standard InChI is InChI=1S/C23H24ClN5O/c1-3-17-20(15-8-10-16(24)11-9-15)22-26-25-21-19(29(22)27-17)12-13-28(23(21)30)18-7-5-4-6-14(18)2/h8-14,18H,3-7H2,1-2H3/t14-,18+/m1/s1. The molecule has 1 aliphatic rings. The van der Waals surface area contributed by atoms with Gasteiger partial charge in [-0.25, -0.2) is 4.52 Å². The predicted molar refractivity (Wildman–Crippen MR) is 119 cm³/mol. The highest BCUT2D eigenvalue weighted by Crippen LogP contribution is 2.33. The molecular weight excluding hydrogens is 398 g/mol. The third-order valence-corrected chi connectivity index (χ3v) is 6.62. The molecule has 1 fully saturated rings. The van der Waals surface area contributed by atoms with Gasteiger partial charge in [-0.1, -0.05) is 50.4 Å². The van der Waals surface area contributed by atoms with Gasteiger partial charge in [0.1, 0.15) is 5.52 Å². The monoisotopic (exact) mass is 421 g/mol. The van der Waals surface area contributed by atoms with Crippen LogP contribution in [0.2, 0.25) is 5.02 Å². The summed E-state index contributed by atoms with van der Waals surface area (Å²) in [5.74, 6) is 0.485. The minimum atomic E-state index is -0.0813. The molecule has 154 valence electrons. The topological polar surface area (TPSA) is 65.1 Å². The van der Waals surface area contributed by atoms with Crippen LogP contribution >= 0.6 is 11.6 Å². The largest absolute Gasteiger partial charge is 0.310 e. The van der Waals surface area contributed by atoms with Gasteiger partial charge in [0.25, 0.3) is 5.56 Å². The maximum atomic E-state index is 13.3. The van der Waals surface area contributed by atoms with Crippen molar-refractivity contribution in [2.45, 2.75) is 52.0 Å². The third-order valence-electron chi connectivity index (χ3n) is 6.37. The van der Waals surface area contributed by atoms with Gasteiger partial charge in [-0.3, -0.25) is 4.79 Å². The molecule has 1 aliphatic carbocycles. The summed E-state index contributed by atoms with van der Waals surface area (Å²) in [5.41, 5.74) is 4.49. The fourth-order valence-corrected chi connectivity index (χ4v) is 4.86. The van der Waals surface area contributed by atoms with Gasteiger partial charge >= 0.3 is 0 Å². The van der Waals surface area contributed by atoms with Gasteiger partial charge in [-0.2, -0.15) is 5.10 Å². The average Bonchev–Trinajstić information content (AvgIpc) is 3.14. The van der Waals surface area contributed by atoms with Crippen LogP contribution in [0.1, 0.15) is 51.3 Å². The van der Waals surface area contributed by atoms with E-state index in [1.54, 1.807) is 4.52 Å². The van der Waals surface area contributed by atoms with Crippen LogP contribution in [-0.4, -0.2) is 24.4 Å². The fourth-order valence-electron chi connectivity index (χ4n) is 4.74. The van der Waals surface area contributed by atoms with Crippen molar-refractivity contribution < 1.29 is 0 Å². The van der Waals surface area contributed by atoms with Crippen LogP contribution in [0.25, 0.3) is 27.8 Å². The van der Waals surface area contributed by atoms with Crippen molar-refractivity contribution in [1.29, 1.82) is 0 Å². The Morgan fingerprint density at radius 2 is 1.87 bits per heavy atom. The number of aromatic nitrogens is 5. The van der Waals surface area contributed by atoms with Gasteiger partial charge in [-0.15, -0.1) is 10.2 Å². The number of rotatable bonds is 3. The number of nitrogens with zero attached hydrogens (tertiary/aromatic N) is 5. The molecule has 0 saturated heterocycles. The Kier molecular flexibility index (Phi) is 4.82. The highest BCUT2D eigenvalue weighted by molar-refractivity contribution is 6.30. The number of pyridine rings is 1. The second kappa shape index (κ2) is 7.51. The zero-order chi connectivity index (χ0) is 20.8. The fraction of sp³-hybridized carbons (Fsp3) is 0.391. The molecule has 1 aromatic carbocycles. The van der Waals surface area contributed by atoms with Gasteiger partial charge in [0.05, 0.1) is 11.3 Å². The first kappa shape index (κ1) is 19.2. The Morgan fingerprint density at radius 3 is 2.60 bits per heavy atom. The van der Waals surface area contributed by atoms with Crippen LogP contribution in [0.4, 0.5) is 0 Å². The quantitative estimate of drug-likeness (QED) is 0.463. The SMILES string of the molecule is CCc1nn2c(nnc3c(=O)n([C@H]4CCCC[C@H]4C)ccc32)c1-c1ccc(Cl)cc1. The molecule has 5 rings (SSSR count). The molecule has 6 nitrogen and oxygen atoms in total. The van der Waals surface area contributed by atoms with E-state index in [1.165, 1.54) is 6.42 Å². The van der Waals surface area contributed by atoms with E-state index in [0.29, 0.717) is 27.6 Å². The molecule has 2 atom stereocenters. The maximum absolute atomic E-state index is 13.3. The summed E-state index contributed by atoms with van der Waals surface area (Å²) in [6.45, 7) is 4.29. The van der Waals surface area contributed by atoms with E-state index in [4.69, 9.17) is 16.7 Å². The van der Waals surface area contributed by atoms with Crippen LogP contribution in [0.15, 0.2) is 41.3 Å². The summed E-state index contributed by atoms with van der Waals surface area (Å²) in [6.07, 6.45) is 7.25. The van der Waals surface area contributed by atoms with E-state index < -0.39 is 0 Å². The molecule has 0 spiro atoms. The summed E-state index contributed by atoms with van der Waals surface area (Å²) >= 11 is 6.06. The van der Waals surface area contributed by atoms with Gasteiger partial charge in [0, 0.05) is 17.3 Å². The van der Waals surface area contributed by atoms with Crippen LogP contribution in [-0.2, 0) is 6.42 Å². The van der Waals surface area contributed by atoms with Crippen LogP contribution in [0.3, 0.4) is 0 Å². The minimum absolute atomic E-state index is 0.0813. The van der Waals surface area contributed by atoms with Crippen molar-refractivity contribution in [3.63, 3.8) is 0 Å². The third kappa shape index (κ3) is 3.01. The molecule has 30 heavy (non-hydrogen) atoms. The smallest absolute Gasteiger partial charge is 0.280 e. The Labute approximate surface area is 179 Å². The van der Waals surface area contributed by atoms with Gasteiger partial charge in [-0.05, 0) is 48.9 Å². The van der Waals surface area contributed by atoms with E-state index in [0.717, 1.165) is 42.5 Å². The molecule has 0 amide bonds. The number of hydrogen-bond donors (Lipinski definition) is 0. The molecule has 3 heterocycles. The maximum Gasteiger partial charge on any atom is 0.280 e. The van der Waals surface area contributed by atoms with E-state index in [2.05, 4.69) is 24.0 Å². The normalized spacial score (nSPS) is 19.6. The lowest BCUT2D eigenvalue weighted by molar-refractivity contribution is 0.253. The van der Waals surface area contributed by atoms with Crippen molar-refractivity contribution >= 4 is 28.3 Å². The van der Waals surface area contributed by atoms with Crippen LogP contribution in [0, 0.1) is 5.92 Å². The molecule has 1 saturated carbocycles. The summed E-state index contributed by atoms with van der Waals surface area (Å²) in [4.78, 5) is 13.3. The second-order valence-electron chi connectivity index (χ2n) is 8.21. The van der Waals surface area contributed by atoms with Crippen molar-refractivity contribution in [2.75, 3.05) is 0 Å². The number of halogens is 1. The lowest BCUT2D eigenvalue weighted by atomic mass is 9.85. The second-order valence-corrected chi connectivity index (χ2v) is 8.65. The van der Waals surface area contributed by atoms with E-state index in [1.807, 2.05) is 41.1 Å². The highest BCUT2D eigenvalue weighted by Gasteiger charge is 2.25. The first-order valence-corrected chi connectivity index (χ1v) is 11.0. The number of hydrogen-bond acceptors (Lipinski definition) is 4. The zero-order valence-corrected chi connectivity index (χ0v) is 17.9. The Morgan fingerprint density at radius 1 is 1.10 bits per heavy atom. The molecule has 0 bridgehead atoms. The minimum Gasteiger partial charge on any atom is -0.310 e. The molecule has 0 aliphatic heterocycles. The van der Waals surface area contributed by atoms with Gasteiger partial charge in [0.2, 0.25) is 0 Å². The van der Waals surface area contributed by atoms with Crippen LogP contribution in [0.5, 0.6) is 0 Å². The molecule has 4 aromatic rings. The Hall–Kier alpha value is -2.73. The molecule has 0 N–H and O–H groups in total. The molecule has 0 radical (unpaired) electrons.